The molecule has 5 heteroatoms. The number of para-hydroxylation sites is 1. The van der Waals surface area contributed by atoms with Crippen LogP contribution in [0.5, 0.6) is 5.75 Å². The fourth-order valence-electron chi connectivity index (χ4n) is 4.19. The topological polar surface area (TPSA) is 56.3 Å². The molecule has 0 saturated heterocycles. The molecule has 166 valence electrons. The van der Waals surface area contributed by atoms with Gasteiger partial charge in [-0.1, -0.05) is 50.8 Å². The Labute approximate surface area is 192 Å². The largest absolute Gasteiger partial charge is 0.508 e. The molecule has 2 aromatic carbocycles. The quantitative estimate of drug-likeness (QED) is 0.296. The molecule has 0 aromatic heterocycles. The first-order valence-electron chi connectivity index (χ1n) is 11.2. The second-order valence-corrected chi connectivity index (χ2v) is 9.06. The number of anilines is 1. The van der Waals surface area contributed by atoms with Crippen LogP contribution in [0.15, 0.2) is 60.9 Å². The van der Waals surface area contributed by atoms with Crippen molar-refractivity contribution in [1.29, 1.82) is 0 Å². The molecule has 4 nitrogen and oxygen atoms in total. The van der Waals surface area contributed by atoms with E-state index in [1.807, 2.05) is 45.0 Å². The van der Waals surface area contributed by atoms with Crippen LogP contribution < -0.4 is 16.0 Å². The van der Waals surface area contributed by atoms with Crippen LogP contribution in [0.2, 0.25) is 0 Å². The van der Waals surface area contributed by atoms with Gasteiger partial charge in [0, 0.05) is 23.8 Å². The molecule has 2 atom stereocenters. The summed E-state index contributed by atoms with van der Waals surface area (Å²) in [5.74, 6) is 1.31. The number of allylic oxidation sites excluding steroid dienone is 2. The van der Waals surface area contributed by atoms with E-state index in [9.17, 15) is 5.11 Å². The van der Waals surface area contributed by atoms with Crippen molar-refractivity contribution in [2.24, 2.45) is 0 Å². The predicted molar refractivity (Wildman–Crippen MR) is 135 cm³/mol. The Bertz CT molecular complexity index is 955. The highest BCUT2D eigenvalue weighted by atomic mass is 32.1. The molecule has 1 saturated carbocycles. The van der Waals surface area contributed by atoms with Crippen molar-refractivity contribution >= 4 is 23.9 Å². The summed E-state index contributed by atoms with van der Waals surface area (Å²) in [6, 6.07) is 14.5. The first-order chi connectivity index (χ1) is 14.9. The van der Waals surface area contributed by atoms with Gasteiger partial charge in [-0.25, -0.2) is 0 Å². The first kappa shape index (κ1) is 23.3. The minimum atomic E-state index is -0.281. The number of fused-ring (bicyclic) bond motifs is 1. The Balaban J connectivity index is 0.00000132. The van der Waals surface area contributed by atoms with E-state index < -0.39 is 0 Å². The van der Waals surface area contributed by atoms with Crippen LogP contribution >= 0.6 is 12.6 Å². The van der Waals surface area contributed by atoms with Gasteiger partial charge in [0.25, 0.3) is 0 Å². The lowest BCUT2D eigenvalue weighted by atomic mass is 9.89. The number of nitrogens with one attached hydrogen (secondary N) is 3. The minimum absolute atomic E-state index is 0.281. The summed E-state index contributed by atoms with van der Waals surface area (Å²) in [5, 5.41) is 20.7. The highest BCUT2D eigenvalue weighted by Gasteiger charge is 2.34. The number of hydrogen-bond acceptors (Lipinski definition) is 5. The average Bonchev–Trinajstić information content (AvgIpc) is 2.76. The van der Waals surface area contributed by atoms with Crippen molar-refractivity contribution in [1.82, 2.24) is 10.6 Å². The van der Waals surface area contributed by atoms with E-state index in [4.69, 9.17) is 12.6 Å². The van der Waals surface area contributed by atoms with Crippen LogP contribution in [0.1, 0.15) is 56.2 Å². The Morgan fingerprint density at radius 2 is 2.00 bits per heavy atom. The van der Waals surface area contributed by atoms with Crippen LogP contribution in [-0.2, 0) is 6.54 Å². The van der Waals surface area contributed by atoms with Gasteiger partial charge in [-0.05, 0) is 67.5 Å². The average molecular weight is 438 g/mol. The van der Waals surface area contributed by atoms with E-state index in [-0.39, 0.29) is 4.87 Å². The maximum absolute atomic E-state index is 9.92. The number of aromatic hydroxyl groups is 1. The van der Waals surface area contributed by atoms with E-state index in [2.05, 4.69) is 46.8 Å². The van der Waals surface area contributed by atoms with Gasteiger partial charge >= 0.3 is 0 Å². The summed E-state index contributed by atoms with van der Waals surface area (Å²) in [6.45, 7) is 10.9. The zero-order chi connectivity index (χ0) is 22.4. The van der Waals surface area contributed by atoms with E-state index in [1.54, 1.807) is 0 Å². The number of hydrogen-bond donors (Lipinski definition) is 5. The number of phenolic OH excluding ortho intramolecular Hbond substituents is 1. The molecule has 1 aliphatic heterocycles. The molecule has 2 aromatic rings. The standard InChI is InChI=1S/C24H29N3OS.C2H6/c1-16-9-10-18(13-22(16)28)15-25-19-6-5-11-24(29,14-19)27-23-12-17(2)20-7-3-4-8-21(20)26-23;1-2/h3-4,7-10,12-13,19,25-29H,2,5-6,11,14-15H2,1H3;1-2H3. The molecule has 0 spiro atoms. The van der Waals surface area contributed by atoms with Crippen molar-refractivity contribution in [2.45, 2.75) is 63.9 Å². The molecule has 31 heavy (non-hydrogen) atoms. The van der Waals surface area contributed by atoms with Gasteiger partial charge in [0.15, 0.2) is 0 Å². The normalized spacial score (nSPS) is 22.4. The Morgan fingerprint density at radius 1 is 1.23 bits per heavy atom. The molecule has 2 aliphatic rings. The third kappa shape index (κ3) is 5.86. The fraction of sp³-hybridized carbons (Fsp3) is 0.385. The van der Waals surface area contributed by atoms with Crippen molar-refractivity contribution in [3.05, 3.63) is 77.6 Å². The van der Waals surface area contributed by atoms with Crippen molar-refractivity contribution in [2.75, 3.05) is 5.32 Å². The third-order valence-electron chi connectivity index (χ3n) is 5.82. The summed E-state index contributed by atoms with van der Waals surface area (Å²) >= 11 is 5.03. The van der Waals surface area contributed by atoms with Crippen molar-refractivity contribution in [3.8, 4) is 5.75 Å². The number of phenols is 1. The second-order valence-electron chi connectivity index (χ2n) is 8.21. The number of benzene rings is 2. The Kier molecular flexibility index (Phi) is 7.74. The lowest BCUT2D eigenvalue weighted by molar-refractivity contribution is 0.291. The van der Waals surface area contributed by atoms with Gasteiger partial charge in [0.1, 0.15) is 11.6 Å². The number of thiol groups is 1. The maximum atomic E-state index is 9.92. The van der Waals surface area contributed by atoms with Crippen molar-refractivity contribution in [3.63, 3.8) is 0 Å². The summed E-state index contributed by atoms with van der Waals surface area (Å²) in [6.07, 6.45) is 6.22. The molecular formula is C26H35N3OS. The molecular weight excluding hydrogens is 402 g/mol. The summed E-state index contributed by atoms with van der Waals surface area (Å²) < 4.78 is 0. The third-order valence-corrected chi connectivity index (χ3v) is 6.34. The zero-order valence-corrected chi connectivity index (χ0v) is 19.7. The van der Waals surface area contributed by atoms with Gasteiger partial charge in [0.05, 0.1) is 4.87 Å². The van der Waals surface area contributed by atoms with E-state index in [0.717, 1.165) is 66.0 Å². The highest BCUT2D eigenvalue weighted by Crippen LogP contribution is 2.35. The fourth-order valence-corrected chi connectivity index (χ4v) is 4.69. The van der Waals surface area contributed by atoms with Gasteiger partial charge < -0.3 is 21.1 Å². The first-order valence-corrected chi connectivity index (χ1v) is 11.7. The smallest absolute Gasteiger partial charge is 0.118 e. The van der Waals surface area contributed by atoms with Gasteiger partial charge in [-0.15, -0.1) is 0 Å². The summed E-state index contributed by atoms with van der Waals surface area (Å²) in [7, 11) is 0. The van der Waals surface area contributed by atoms with E-state index in [0.29, 0.717) is 11.8 Å². The van der Waals surface area contributed by atoms with Crippen LogP contribution in [0, 0.1) is 6.92 Å². The SMILES string of the molecule is C=C1C=C(NC2(S)CCCC(NCc3ccc(C)c(O)c3)C2)Nc2ccccc21.CC. The molecule has 4 N–H and O–H groups in total. The maximum Gasteiger partial charge on any atom is 0.118 e. The number of aryl methyl sites for hydroxylation is 1. The lowest BCUT2D eigenvalue weighted by Gasteiger charge is -2.40. The lowest BCUT2D eigenvalue weighted by Crippen LogP contribution is -2.49. The molecule has 2 unspecified atom stereocenters. The van der Waals surface area contributed by atoms with E-state index >= 15 is 0 Å². The van der Waals surface area contributed by atoms with Crippen LogP contribution in [0.25, 0.3) is 5.57 Å². The van der Waals surface area contributed by atoms with E-state index in [1.165, 1.54) is 0 Å². The molecule has 0 radical (unpaired) electrons. The minimum Gasteiger partial charge on any atom is -0.508 e. The highest BCUT2D eigenvalue weighted by molar-refractivity contribution is 7.81. The molecule has 0 bridgehead atoms. The molecule has 4 rings (SSSR count). The van der Waals surface area contributed by atoms with Crippen LogP contribution in [0.3, 0.4) is 0 Å². The molecule has 1 aliphatic carbocycles. The van der Waals surface area contributed by atoms with Crippen LogP contribution in [0.4, 0.5) is 5.69 Å². The second kappa shape index (κ2) is 10.3. The summed E-state index contributed by atoms with van der Waals surface area (Å²) in [5.41, 5.74) is 5.21. The van der Waals surface area contributed by atoms with Crippen LogP contribution in [-0.4, -0.2) is 16.0 Å². The molecule has 1 fully saturated rings. The van der Waals surface area contributed by atoms with Gasteiger partial charge in [-0.3, -0.25) is 0 Å². The Hall–Kier alpha value is -2.37. The Morgan fingerprint density at radius 3 is 2.77 bits per heavy atom. The molecule has 0 amide bonds. The zero-order valence-electron chi connectivity index (χ0n) is 18.8. The van der Waals surface area contributed by atoms with Gasteiger partial charge in [-0.2, -0.15) is 12.6 Å². The summed E-state index contributed by atoms with van der Waals surface area (Å²) in [4.78, 5) is -0.281. The number of rotatable bonds is 5. The monoisotopic (exact) mass is 437 g/mol. The molecule has 1 heterocycles. The predicted octanol–water partition coefficient (Wildman–Crippen LogP) is 5.96. The van der Waals surface area contributed by atoms with Gasteiger partial charge in [0.2, 0.25) is 0 Å². The van der Waals surface area contributed by atoms with Crippen molar-refractivity contribution < 1.29 is 5.11 Å².